The Kier molecular flexibility index (Phi) is 5.31. The maximum absolute atomic E-state index is 12.1. The van der Waals surface area contributed by atoms with Crippen LogP contribution in [0, 0.1) is 10.1 Å². The first kappa shape index (κ1) is 19.4. The highest BCUT2D eigenvalue weighted by Gasteiger charge is 2.15. The van der Waals surface area contributed by atoms with E-state index in [4.69, 9.17) is 4.42 Å². The molecule has 0 bridgehead atoms. The third kappa shape index (κ3) is 4.23. The molecule has 9 nitrogen and oxygen atoms in total. The molecular formula is C20H14N4O5S. The van der Waals surface area contributed by atoms with Gasteiger partial charge in [-0.1, -0.05) is 36.0 Å². The number of hydrogen-bond acceptors (Lipinski definition) is 8. The summed E-state index contributed by atoms with van der Waals surface area (Å²) in [5.74, 6) is -0.161. The number of aromatic nitrogens is 2. The summed E-state index contributed by atoms with van der Waals surface area (Å²) < 4.78 is 5.57. The number of nitrogens with one attached hydrogen (secondary N) is 1. The minimum absolute atomic E-state index is 0.00230. The van der Waals surface area contributed by atoms with E-state index >= 15 is 0 Å². The van der Waals surface area contributed by atoms with Gasteiger partial charge in [0.05, 0.1) is 16.2 Å². The number of carbonyl (C=O) groups excluding carboxylic acids is 1. The molecule has 4 rings (SSSR count). The zero-order valence-electron chi connectivity index (χ0n) is 15.3. The molecule has 0 saturated heterocycles. The largest absolute Gasteiger partial charge is 0.507 e. The number of aromatic hydroxyl groups is 1. The maximum atomic E-state index is 12.1. The van der Waals surface area contributed by atoms with Gasteiger partial charge >= 0.3 is 0 Å². The zero-order valence-corrected chi connectivity index (χ0v) is 16.1. The summed E-state index contributed by atoms with van der Waals surface area (Å²) in [5, 5.41) is 33.4. The minimum Gasteiger partial charge on any atom is -0.507 e. The number of nitro benzene ring substituents is 1. The Labute approximate surface area is 173 Å². The van der Waals surface area contributed by atoms with Crippen LogP contribution in [0.5, 0.6) is 5.75 Å². The second kappa shape index (κ2) is 8.21. The van der Waals surface area contributed by atoms with Gasteiger partial charge in [0.25, 0.3) is 16.8 Å². The van der Waals surface area contributed by atoms with Crippen LogP contribution in [0.4, 0.5) is 11.4 Å². The molecule has 0 saturated carbocycles. The van der Waals surface area contributed by atoms with Crippen molar-refractivity contribution in [3.05, 3.63) is 70.8 Å². The van der Waals surface area contributed by atoms with Gasteiger partial charge < -0.3 is 14.8 Å². The number of rotatable bonds is 6. The number of phenols is 1. The molecule has 1 heterocycles. The summed E-state index contributed by atoms with van der Waals surface area (Å²) in [7, 11) is 0. The van der Waals surface area contributed by atoms with Gasteiger partial charge in [0.1, 0.15) is 5.75 Å². The van der Waals surface area contributed by atoms with E-state index in [9.17, 15) is 20.0 Å². The van der Waals surface area contributed by atoms with Gasteiger partial charge in [-0.2, -0.15) is 0 Å². The van der Waals surface area contributed by atoms with Crippen molar-refractivity contribution in [2.75, 3.05) is 11.1 Å². The molecule has 3 aromatic carbocycles. The number of nitro groups is 1. The SMILES string of the molecule is O=C(CSc1nnc(-c2cc3ccccc3cc2O)o1)Nc1ccc([N+](=O)[O-])cc1. The van der Waals surface area contributed by atoms with E-state index in [0.717, 1.165) is 22.5 Å². The summed E-state index contributed by atoms with van der Waals surface area (Å²) in [5.41, 5.74) is 0.791. The summed E-state index contributed by atoms with van der Waals surface area (Å²) in [6.07, 6.45) is 0. The first-order valence-corrected chi connectivity index (χ1v) is 9.71. The lowest BCUT2D eigenvalue weighted by Gasteiger charge is -2.04. The molecule has 0 aliphatic carbocycles. The van der Waals surface area contributed by atoms with E-state index in [2.05, 4.69) is 15.5 Å². The molecule has 0 spiro atoms. The number of thioether (sulfide) groups is 1. The number of hydrogen-bond donors (Lipinski definition) is 2. The maximum Gasteiger partial charge on any atom is 0.277 e. The third-order valence-corrected chi connectivity index (χ3v) is 5.01. The van der Waals surface area contributed by atoms with E-state index in [0.29, 0.717) is 11.3 Å². The summed E-state index contributed by atoms with van der Waals surface area (Å²) in [4.78, 5) is 22.2. The van der Waals surface area contributed by atoms with Crippen molar-refractivity contribution in [2.45, 2.75) is 5.22 Å². The number of carbonyl (C=O) groups is 1. The zero-order chi connectivity index (χ0) is 21.1. The molecule has 4 aromatic rings. The van der Waals surface area contributed by atoms with Crippen LogP contribution in [0.2, 0.25) is 0 Å². The van der Waals surface area contributed by atoms with Crippen LogP contribution in [-0.2, 0) is 4.79 Å². The van der Waals surface area contributed by atoms with Gasteiger partial charge in [-0.3, -0.25) is 14.9 Å². The van der Waals surface area contributed by atoms with Gasteiger partial charge in [-0.15, -0.1) is 10.2 Å². The monoisotopic (exact) mass is 422 g/mol. The molecule has 30 heavy (non-hydrogen) atoms. The lowest BCUT2D eigenvalue weighted by molar-refractivity contribution is -0.384. The standard InChI is InChI=1S/C20H14N4O5S/c25-17-10-13-4-2-1-3-12(13)9-16(17)19-22-23-20(29-19)30-11-18(26)21-14-5-7-15(8-6-14)24(27)28/h1-10,25H,11H2,(H,21,26). The van der Waals surface area contributed by atoms with Gasteiger partial charge in [0.2, 0.25) is 5.91 Å². The van der Waals surface area contributed by atoms with Crippen molar-refractivity contribution in [1.82, 2.24) is 10.2 Å². The third-order valence-electron chi connectivity index (χ3n) is 4.19. The number of benzene rings is 3. The van der Waals surface area contributed by atoms with Crippen molar-refractivity contribution >= 4 is 39.8 Å². The van der Waals surface area contributed by atoms with Crippen molar-refractivity contribution < 1.29 is 19.2 Å². The lowest BCUT2D eigenvalue weighted by atomic mass is 10.1. The van der Waals surface area contributed by atoms with E-state index in [1.54, 1.807) is 12.1 Å². The van der Waals surface area contributed by atoms with Crippen LogP contribution in [-0.4, -0.2) is 31.9 Å². The fourth-order valence-electron chi connectivity index (χ4n) is 2.77. The number of non-ortho nitro benzene ring substituents is 1. The van der Waals surface area contributed by atoms with E-state index in [1.165, 1.54) is 24.3 Å². The van der Waals surface area contributed by atoms with Gasteiger partial charge in [0.15, 0.2) is 0 Å². The number of nitrogens with zero attached hydrogens (tertiary/aromatic N) is 3. The molecule has 0 aliphatic heterocycles. The van der Waals surface area contributed by atoms with Crippen LogP contribution in [0.25, 0.3) is 22.2 Å². The molecular weight excluding hydrogens is 408 g/mol. The molecule has 0 aliphatic rings. The Balaban J connectivity index is 1.40. The molecule has 2 N–H and O–H groups in total. The fourth-order valence-corrected chi connectivity index (χ4v) is 3.33. The number of amides is 1. The topological polar surface area (TPSA) is 131 Å². The molecule has 0 atom stereocenters. The molecule has 0 unspecified atom stereocenters. The Hall–Kier alpha value is -3.92. The Morgan fingerprint density at radius 3 is 2.50 bits per heavy atom. The molecule has 0 radical (unpaired) electrons. The number of phenolic OH excluding ortho intramolecular Hbond substituents is 1. The number of anilines is 1. The van der Waals surface area contributed by atoms with Crippen LogP contribution in [0.15, 0.2) is 70.3 Å². The summed E-state index contributed by atoms with van der Waals surface area (Å²) >= 11 is 1.04. The Bertz CT molecular complexity index is 1240. The van der Waals surface area contributed by atoms with E-state index in [-0.39, 0.29) is 34.2 Å². The molecule has 1 amide bonds. The first-order valence-electron chi connectivity index (χ1n) is 8.72. The average molecular weight is 422 g/mol. The van der Waals surface area contributed by atoms with Gasteiger partial charge in [-0.25, -0.2) is 0 Å². The highest BCUT2D eigenvalue weighted by Crippen LogP contribution is 2.33. The lowest BCUT2D eigenvalue weighted by Crippen LogP contribution is -2.13. The van der Waals surface area contributed by atoms with Crippen molar-refractivity contribution in [2.24, 2.45) is 0 Å². The second-order valence-corrected chi connectivity index (χ2v) is 7.16. The van der Waals surface area contributed by atoms with Crippen LogP contribution in [0.3, 0.4) is 0 Å². The number of fused-ring (bicyclic) bond motifs is 1. The molecule has 10 heteroatoms. The molecule has 150 valence electrons. The first-order chi connectivity index (χ1) is 14.5. The van der Waals surface area contributed by atoms with Crippen LogP contribution < -0.4 is 5.32 Å². The van der Waals surface area contributed by atoms with Gasteiger partial charge in [-0.05, 0) is 35.0 Å². The average Bonchev–Trinajstić information content (AvgIpc) is 3.21. The Morgan fingerprint density at radius 2 is 1.80 bits per heavy atom. The van der Waals surface area contributed by atoms with Crippen molar-refractivity contribution in [3.8, 4) is 17.2 Å². The summed E-state index contributed by atoms with van der Waals surface area (Å²) in [6.45, 7) is 0. The molecule has 1 aromatic heterocycles. The fraction of sp³-hybridized carbons (Fsp3) is 0.0500. The van der Waals surface area contributed by atoms with Gasteiger partial charge in [0, 0.05) is 17.8 Å². The normalized spacial score (nSPS) is 10.8. The second-order valence-electron chi connectivity index (χ2n) is 6.23. The minimum atomic E-state index is -0.512. The quantitative estimate of drug-likeness (QED) is 0.268. The highest BCUT2D eigenvalue weighted by molar-refractivity contribution is 7.99. The summed E-state index contributed by atoms with van der Waals surface area (Å²) in [6, 6.07) is 16.5. The van der Waals surface area contributed by atoms with E-state index in [1.807, 2.05) is 24.3 Å². The highest BCUT2D eigenvalue weighted by atomic mass is 32.2. The van der Waals surface area contributed by atoms with E-state index < -0.39 is 4.92 Å². The Morgan fingerprint density at radius 1 is 1.10 bits per heavy atom. The smallest absolute Gasteiger partial charge is 0.277 e. The predicted octanol–water partition coefficient (Wildman–Crippen LogP) is 4.23. The van der Waals surface area contributed by atoms with Crippen molar-refractivity contribution in [3.63, 3.8) is 0 Å². The van der Waals surface area contributed by atoms with Crippen molar-refractivity contribution in [1.29, 1.82) is 0 Å². The predicted molar refractivity (Wildman–Crippen MR) is 111 cm³/mol. The van der Waals surface area contributed by atoms with Crippen LogP contribution in [0.1, 0.15) is 0 Å². The van der Waals surface area contributed by atoms with Crippen LogP contribution >= 0.6 is 11.8 Å². The molecule has 0 fully saturated rings.